The van der Waals surface area contributed by atoms with E-state index in [0.717, 1.165) is 12.8 Å². The van der Waals surface area contributed by atoms with Gasteiger partial charge in [-0.25, -0.2) is 0 Å². The van der Waals surface area contributed by atoms with Gasteiger partial charge in [0, 0.05) is 35.0 Å². The molecule has 1 aromatic carbocycles. The molecule has 0 heterocycles. The van der Waals surface area contributed by atoms with Crippen LogP contribution in [0.4, 0.5) is 0 Å². The predicted octanol–water partition coefficient (Wildman–Crippen LogP) is 4.45. The molecule has 0 unspecified atom stereocenters. The molecule has 9 nitrogen and oxygen atoms in total. The van der Waals surface area contributed by atoms with Crippen LogP contribution in [0.15, 0.2) is 17.2 Å². The van der Waals surface area contributed by atoms with Crippen LogP contribution in [0.25, 0.3) is 10.4 Å². The minimum Gasteiger partial charge on any atom is -0.481 e. The van der Waals surface area contributed by atoms with E-state index in [1.807, 2.05) is 0 Å². The molecular formula is C19H22Cl3N5O4. The summed E-state index contributed by atoms with van der Waals surface area (Å²) in [5.41, 5.74) is 8.59. The van der Waals surface area contributed by atoms with Crippen molar-refractivity contribution in [1.82, 2.24) is 10.6 Å². The van der Waals surface area contributed by atoms with Crippen LogP contribution < -0.4 is 10.6 Å². The Morgan fingerprint density at radius 1 is 1.16 bits per heavy atom. The summed E-state index contributed by atoms with van der Waals surface area (Å²) in [6.07, 6.45) is 2.34. The van der Waals surface area contributed by atoms with Crippen molar-refractivity contribution >= 4 is 52.6 Å². The van der Waals surface area contributed by atoms with Gasteiger partial charge in [0.05, 0.1) is 22.0 Å². The molecule has 1 saturated carbocycles. The Kier molecular flexibility index (Phi) is 9.71. The lowest BCUT2D eigenvalue weighted by molar-refractivity contribution is -0.137. The molecular weight excluding hydrogens is 469 g/mol. The summed E-state index contributed by atoms with van der Waals surface area (Å²) in [5, 5.41) is 18.5. The van der Waals surface area contributed by atoms with Gasteiger partial charge < -0.3 is 15.7 Å². The monoisotopic (exact) mass is 489 g/mol. The van der Waals surface area contributed by atoms with Gasteiger partial charge >= 0.3 is 5.97 Å². The number of hydrogen-bond acceptors (Lipinski definition) is 4. The third-order valence-electron chi connectivity index (χ3n) is 5.14. The van der Waals surface area contributed by atoms with Crippen molar-refractivity contribution < 1.29 is 19.5 Å². The van der Waals surface area contributed by atoms with Gasteiger partial charge in [0.15, 0.2) is 0 Å². The number of carboxylic acids is 1. The predicted molar refractivity (Wildman–Crippen MR) is 117 cm³/mol. The summed E-state index contributed by atoms with van der Waals surface area (Å²) in [6.45, 7) is 0.298. The quantitative estimate of drug-likeness (QED) is 0.267. The molecule has 31 heavy (non-hydrogen) atoms. The zero-order valence-electron chi connectivity index (χ0n) is 16.5. The van der Waals surface area contributed by atoms with Crippen LogP contribution in [-0.2, 0) is 9.59 Å². The highest BCUT2D eigenvalue weighted by Crippen LogP contribution is 2.30. The fraction of sp³-hybridized carbons (Fsp3) is 0.526. The smallest absolute Gasteiger partial charge is 0.305 e. The molecule has 2 rings (SSSR count). The Balaban J connectivity index is 1.83. The molecule has 0 spiro atoms. The van der Waals surface area contributed by atoms with Crippen molar-refractivity contribution in [3.8, 4) is 0 Å². The number of nitrogens with zero attached hydrogens (tertiary/aromatic N) is 3. The first-order valence-electron chi connectivity index (χ1n) is 9.67. The van der Waals surface area contributed by atoms with Crippen molar-refractivity contribution in [2.24, 2.45) is 17.0 Å². The van der Waals surface area contributed by atoms with E-state index in [2.05, 4.69) is 20.7 Å². The number of benzene rings is 1. The van der Waals surface area contributed by atoms with E-state index in [0.29, 0.717) is 24.4 Å². The third kappa shape index (κ3) is 7.78. The van der Waals surface area contributed by atoms with E-state index in [-0.39, 0.29) is 52.2 Å². The van der Waals surface area contributed by atoms with E-state index in [1.54, 1.807) is 0 Å². The molecule has 1 aliphatic carbocycles. The second-order valence-corrected chi connectivity index (χ2v) is 8.64. The molecule has 1 atom stereocenters. The van der Waals surface area contributed by atoms with Crippen LogP contribution in [0.2, 0.25) is 15.1 Å². The maximum atomic E-state index is 12.5. The van der Waals surface area contributed by atoms with E-state index in [1.165, 1.54) is 12.1 Å². The topological polar surface area (TPSA) is 144 Å². The third-order valence-corrected chi connectivity index (χ3v) is 5.95. The average molecular weight is 491 g/mol. The number of carboxylic acid groups (broad SMARTS) is 1. The number of hydrogen-bond donors (Lipinski definition) is 3. The minimum atomic E-state index is -1.08. The first-order chi connectivity index (χ1) is 14.7. The fourth-order valence-electron chi connectivity index (χ4n) is 3.54. The van der Waals surface area contributed by atoms with Crippen molar-refractivity contribution in [3.05, 3.63) is 43.2 Å². The molecule has 3 N–H and O–H groups in total. The van der Waals surface area contributed by atoms with Gasteiger partial charge in [-0.2, -0.15) is 0 Å². The Labute approximate surface area is 194 Å². The number of carbonyl (C=O) groups excluding carboxylic acids is 2. The summed E-state index contributed by atoms with van der Waals surface area (Å²) >= 11 is 18.0. The van der Waals surface area contributed by atoms with E-state index >= 15 is 0 Å². The van der Waals surface area contributed by atoms with Crippen LogP contribution in [0.5, 0.6) is 0 Å². The summed E-state index contributed by atoms with van der Waals surface area (Å²) < 4.78 is 0. The van der Waals surface area contributed by atoms with Gasteiger partial charge in [-0.15, -0.1) is 0 Å². The zero-order valence-corrected chi connectivity index (χ0v) is 18.8. The van der Waals surface area contributed by atoms with Crippen molar-refractivity contribution in [3.63, 3.8) is 0 Å². The lowest BCUT2D eigenvalue weighted by Crippen LogP contribution is -2.43. The highest BCUT2D eigenvalue weighted by molar-refractivity contribution is 6.42. The van der Waals surface area contributed by atoms with Gasteiger partial charge in [0.1, 0.15) is 0 Å². The lowest BCUT2D eigenvalue weighted by Gasteiger charge is -2.29. The van der Waals surface area contributed by atoms with Crippen LogP contribution in [0, 0.1) is 11.8 Å². The summed E-state index contributed by atoms with van der Waals surface area (Å²) in [7, 11) is 0. The second-order valence-electron chi connectivity index (χ2n) is 7.39. The Morgan fingerprint density at radius 2 is 1.77 bits per heavy atom. The first kappa shape index (κ1) is 25.1. The van der Waals surface area contributed by atoms with Gasteiger partial charge in [0.25, 0.3) is 5.91 Å². The van der Waals surface area contributed by atoms with E-state index < -0.39 is 12.0 Å². The molecule has 0 radical (unpaired) electrons. The molecule has 0 bridgehead atoms. The highest BCUT2D eigenvalue weighted by atomic mass is 35.5. The molecule has 0 aromatic heterocycles. The molecule has 0 aliphatic heterocycles. The molecule has 1 fully saturated rings. The molecule has 168 valence electrons. The number of nitrogens with one attached hydrogen (secondary N) is 2. The molecule has 1 aliphatic rings. The fourth-order valence-corrected chi connectivity index (χ4v) is 4.53. The van der Waals surface area contributed by atoms with Crippen LogP contribution >= 0.6 is 34.8 Å². The minimum absolute atomic E-state index is 0.119. The van der Waals surface area contributed by atoms with Crippen molar-refractivity contribution in [2.45, 2.75) is 38.1 Å². The van der Waals surface area contributed by atoms with Gasteiger partial charge in [-0.05, 0) is 49.3 Å². The molecule has 1 aromatic rings. The second kappa shape index (κ2) is 12.0. The van der Waals surface area contributed by atoms with Gasteiger partial charge in [-0.3, -0.25) is 14.4 Å². The van der Waals surface area contributed by atoms with E-state index in [4.69, 9.17) is 45.4 Å². The highest BCUT2D eigenvalue weighted by Gasteiger charge is 2.28. The number of halogens is 3. The van der Waals surface area contributed by atoms with Crippen LogP contribution in [-0.4, -0.2) is 42.0 Å². The van der Waals surface area contributed by atoms with Crippen LogP contribution in [0.3, 0.4) is 0 Å². The number of aliphatic carboxylic acids is 1. The SMILES string of the molecule is [N-]=[N+]=NC[C@H](CC(=O)O)NC(=O)C1CCC(CNC(=O)c2c(Cl)cc(Cl)cc2Cl)CC1. The summed E-state index contributed by atoms with van der Waals surface area (Å²) in [4.78, 5) is 38.4. The zero-order chi connectivity index (χ0) is 23.0. The standard InChI is InChI=1S/C19H22Cl3N5O4/c20-12-5-14(21)17(15(22)6-12)19(31)24-8-10-1-3-11(4-2-10)18(30)26-13(7-16(28)29)9-25-27-23/h5-6,10-11,13H,1-4,7-9H2,(H,24,31)(H,26,30)(H,28,29)/t10?,11?,13-/m0/s1. The number of amides is 2. The van der Waals surface area contributed by atoms with Crippen molar-refractivity contribution in [1.29, 1.82) is 0 Å². The maximum absolute atomic E-state index is 12.5. The maximum Gasteiger partial charge on any atom is 0.305 e. The Hall–Kier alpha value is -2.19. The molecule has 0 saturated heterocycles. The van der Waals surface area contributed by atoms with Gasteiger partial charge in [-0.1, -0.05) is 39.9 Å². The van der Waals surface area contributed by atoms with Crippen molar-refractivity contribution in [2.75, 3.05) is 13.1 Å². The molecule has 12 heteroatoms. The average Bonchev–Trinajstić information content (AvgIpc) is 2.69. The largest absolute Gasteiger partial charge is 0.481 e. The number of carbonyl (C=O) groups is 3. The normalized spacial score (nSPS) is 19.1. The number of rotatable bonds is 9. The van der Waals surface area contributed by atoms with E-state index in [9.17, 15) is 14.4 Å². The molecule has 2 amide bonds. The Morgan fingerprint density at radius 3 is 2.32 bits per heavy atom. The van der Waals surface area contributed by atoms with Gasteiger partial charge in [0.2, 0.25) is 5.91 Å². The first-order valence-corrected chi connectivity index (χ1v) is 10.8. The Bertz CT molecular complexity index is 856. The van der Waals surface area contributed by atoms with Crippen LogP contribution in [0.1, 0.15) is 42.5 Å². The summed E-state index contributed by atoms with van der Waals surface area (Å²) in [5.74, 6) is -1.79. The summed E-state index contributed by atoms with van der Waals surface area (Å²) in [6, 6.07) is 2.16. The lowest BCUT2D eigenvalue weighted by atomic mass is 9.81. The number of azide groups is 1.